The normalized spacial score (nSPS) is 9.45. The molecule has 1 rings (SSSR count). The summed E-state index contributed by atoms with van der Waals surface area (Å²) in [4.78, 5) is 21.3. The molecule has 1 heterocycles. The fourth-order valence-electron chi connectivity index (χ4n) is 0.671. The molecule has 0 unspecified atom stereocenters. The second-order valence-corrected chi connectivity index (χ2v) is 1.94. The van der Waals surface area contributed by atoms with Crippen molar-refractivity contribution in [2.24, 2.45) is 5.73 Å². The molecule has 3 N–H and O–H groups in total. The van der Waals surface area contributed by atoms with Gasteiger partial charge in [0.1, 0.15) is 5.56 Å². The van der Waals surface area contributed by atoms with Gasteiger partial charge in [-0.1, -0.05) is 0 Å². The molecule has 58 valence electrons. The minimum absolute atomic E-state index is 0.227. The van der Waals surface area contributed by atoms with Crippen LogP contribution in [0.1, 0.15) is 10.4 Å². The van der Waals surface area contributed by atoms with E-state index in [0.29, 0.717) is 4.73 Å². The summed E-state index contributed by atoms with van der Waals surface area (Å²) in [5.74, 6) is -0.849. The fourth-order valence-corrected chi connectivity index (χ4v) is 0.671. The van der Waals surface area contributed by atoms with Crippen LogP contribution in [0.15, 0.2) is 23.1 Å². The Labute approximate surface area is 61.6 Å². The third-order valence-corrected chi connectivity index (χ3v) is 1.19. The van der Waals surface area contributed by atoms with Gasteiger partial charge in [0.15, 0.2) is 0 Å². The van der Waals surface area contributed by atoms with Crippen molar-refractivity contribution in [1.29, 1.82) is 0 Å². The maximum absolute atomic E-state index is 10.8. The highest BCUT2D eigenvalue weighted by Gasteiger charge is 2.06. The number of pyridine rings is 1. The Hall–Kier alpha value is -1.78. The number of carbonyl (C=O) groups is 1. The Bertz CT molecular complexity index is 342. The highest BCUT2D eigenvalue weighted by Crippen LogP contribution is 1.87. The van der Waals surface area contributed by atoms with Gasteiger partial charge in [0.05, 0.1) is 0 Å². The molecular formula is C6H6N2O3. The van der Waals surface area contributed by atoms with Crippen molar-refractivity contribution in [3.05, 3.63) is 34.2 Å². The topological polar surface area (TPSA) is 85.3 Å². The van der Waals surface area contributed by atoms with E-state index in [2.05, 4.69) is 0 Å². The fraction of sp³-hybridized carbons (Fsp3) is 0. The molecule has 0 aliphatic carbocycles. The number of primary amides is 1. The van der Waals surface area contributed by atoms with Crippen molar-refractivity contribution in [1.82, 2.24) is 4.73 Å². The van der Waals surface area contributed by atoms with Crippen LogP contribution in [0.2, 0.25) is 0 Å². The molecule has 0 saturated carbocycles. The second kappa shape index (κ2) is 2.45. The molecule has 1 amide bonds. The number of hydrogen-bond acceptors (Lipinski definition) is 3. The first-order valence-corrected chi connectivity index (χ1v) is 2.83. The molecule has 0 aromatic carbocycles. The molecule has 1 aromatic rings. The number of hydrogen-bond donors (Lipinski definition) is 2. The Morgan fingerprint density at radius 2 is 2.27 bits per heavy atom. The van der Waals surface area contributed by atoms with Crippen LogP contribution in [0.25, 0.3) is 0 Å². The van der Waals surface area contributed by atoms with Gasteiger partial charge in [-0.15, -0.1) is 0 Å². The van der Waals surface area contributed by atoms with Gasteiger partial charge >= 0.3 is 0 Å². The lowest BCUT2D eigenvalue weighted by molar-refractivity contribution is 0.0991. The van der Waals surface area contributed by atoms with Crippen LogP contribution in [0.5, 0.6) is 0 Å². The summed E-state index contributed by atoms with van der Waals surface area (Å²) < 4.78 is 0.306. The molecule has 5 nitrogen and oxygen atoms in total. The number of carbonyl (C=O) groups excluding carboxylic acids is 1. The highest BCUT2D eigenvalue weighted by molar-refractivity contribution is 5.92. The molecule has 0 aliphatic rings. The number of rotatable bonds is 1. The summed E-state index contributed by atoms with van der Waals surface area (Å²) >= 11 is 0. The zero-order valence-electron chi connectivity index (χ0n) is 5.52. The predicted molar refractivity (Wildman–Crippen MR) is 36.4 cm³/mol. The second-order valence-electron chi connectivity index (χ2n) is 1.94. The van der Waals surface area contributed by atoms with E-state index in [-0.39, 0.29) is 5.56 Å². The molecule has 0 fully saturated rings. The van der Waals surface area contributed by atoms with Gasteiger partial charge in [0.25, 0.3) is 11.5 Å². The summed E-state index contributed by atoms with van der Waals surface area (Å²) in [6.45, 7) is 0. The Morgan fingerprint density at radius 1 is 1.64 bits per heavy atom. The Balaban J connectivity index is 3.40. The quantitative estimate of drug-likeness (QED) is 0.518. The van der Waals surface area contributed by atoms with E-state index < -0.39 is 11.5 Å². The molecule has 0 saturated heterocycles. The van der Waals surface area contributed by atoms with E-state index in [1.54, 1.807) is 0 Å². The van der Waals surface area contributed by atoms with Gasteiger partial charge in [-0.3, -0.25) is 9.59 Å². The van der Waals surface area contributed by atoms with Crippen LogP contribution < -0.4 is 11.3 Å². The summed E-state index contributed by atoms with van der Waals surface area (Å²) in [5.41, 5.74) is 3.79. The van der Waals surface area contributed by atoms with E-state index in [1.807, 2.05) is 0 Å². The van der Waals surface area contributed by atoms with Crippen LogP contribution >= 0.6 is 0 Å². The van der Waals surface area contributed by atoms with Crippen LogP contribution in [0, 0.1) is 0 Å². The van der Waals surface area contributed by atoms with Crippen molar-refractivity contribution in [2.45, 2.75) is 0 Å². The molecule has 0 spiro atoms. The van der Waals surface area contributed by atoms with E-state index in [9.17, 15) is 9.59 Å². The lowest BCUT2D eigenvalue weighted by Gasteiger charge is -1.95. The van der Waals surface area contributed by atoms with Crippen LogP contribution in [-0.2, 0) is 0 Å². The maximum Gasteiger partial charge on any atom is 0.295 e. The zero-order valence-corrected chi connectivity index (χ0v) is 5.52. The highest BCUT2D eigenvalue weighted by atomic mass is 16.5. The lowest BCUT2D eigenvalue weighted by atomic mass is 10.3. The van der Waals surface area contributed by atoms with Crippen molar-refractivity contribution in [3.63, 3.8) is 0 Å². The monoisotopic (exact) mass is 154 g/mol. The third kappa shape index (κ3) is 1.21. The first-order chi connectivity index (χ1) is 5.13. The summed E-state index contributed by atoms with van der Waals surface area (Å²) in [6.07, 6.45) is 1.12. The summed E-state index contributed by atoms with van der Waals surface area (Å²) in [7, 11) is 0. The average Bonchev–Trinajstić information content (AvgIpc) is 1.94. The van der Waals surface area contributed by atoms with Crippen molar-refractivity contribution >= 4 is 5.91 Å². The third-order valence-electron chi connectivity index (χ3n) is 1.19. The molecule has 0 atom stereocenters. The molecule has 0 aliphatic heterocycles. The molecule has 5 heteroatoms. The van der Waals surface area contributed by atoms with E-state index in [0.717, 1.165) is 6.20 Å². The first kappa shape index (κ1) is 7.33. The van der Waals surface area contributed by atoms with E-state index >= 15 is 0 Å². The smallest absolute Gasteiger partial charge is 0.295 e. The van der Waals surface area contributed by atoms with Crippen LogP contribution in [-0.4, -0.2) is 15.8 Å². The number of amides is 1. The number of nitrogens with two attached hydrogens (primary N) is 1. The van der Waals surface area contributed by atoms with Crippen molar-refractivity contribution < 1.29 is 10.0 Å². The number of aromatic nitrogens is 1. The zero-order chi connectivity index (χ0) is 8.43. The molecule has 1 aromatic heterocycles. The van der Waals surface area contributed by atoms with Crippen molar-refractivity contribution in [3.8, 4) is 0 Å². The molecule has 11 heavy (non-hydrogen) atoms. The number of nitrogens with zero attached hydrogens (tertiary/aromatic N) is 1. The Morgan fingerprint density at radius 3 is 2.73 bits per heavy atom. The minimum atomic E-state index is -0.849. The summed E-state index contributed by atoms with van der Waals surface area (Å²) in [6, 6.07) is 2.60. The molecular weight excluding hydrogens is 148 g/mol. The van der Waals surface area contributed by atoms with Gasteiger partial charge < -0.3 is 10.9 Å². The largest absolute Gasteiger partial charge is 0.425 e. The van der Waals surface area contributed by atoms with Gasteiger partial charge in [-0.05, 0) is 12.1 Å². The van der Waals surface area contributed by atoms with Gasteiger partial charge in [-0.2, -0.15) is 4.73 Å². The standard InChI is InChI=1S/C6H6N2O3/c7-5(9)4-2-1-3-8(11)6(4)10/h1-3,11H,(H2,7,9). The van der Waals surface area contributed by atoms with Gasteiger partial charge in [0, 0.05) is 6.20 Å². The summed E-state index contributed by atoms with van der Waals surface area (Å²) in [5, 5.41) is 8.75. The first-order valence-electron chi connectivity index (χ1n) is 2.83. The maximum atomic E-state index is 10.8. The lowest BCUT2D eigenvalue weighted by Crippen LogP contribution is -2.27. The SMILES string of the molecule is NC(=O)c1cccn(O)c1=O. The van der Waals surface area contributed by atoms with E-state index in [1.165, 1.54) is 12.1 Å². The van der Waals surface area contributed by atoms with Crippen molar-refractivity contribution in [2.75, 3.05) is 0 Å². The van der Waals surface area contributed by atoms with Gasteiger partial charge in [-0.25, -0.2) is 0 Å². The van der Waals surface area contributed by atoms with Crippen LogP contribution in [0.4, 0.5) is 0 Å². The average molecular weight is 154 g/mol. The molecule has 0 bridgehead atoms. The minimum Gasteiger partial charge on any atom is -0.425 e. The van der Waals surface area contributed by atoms with Gasteiger partial charge in [0.2, 0.25) is 0 Å². The van der Waals surface area contributed by atoms with E-state index in [4.69, 9.17) is 10.9 Å². The Kier molecular flexibility index (Phi) is 1.63. The molecule has 0 radical (unpaired) electrons. The predicted octanol–water partition coefficient (Wildman–Crippen LogP) is -0.816. The van der Waals surface area contributed by atoms with Crippen LogP contribution in [0.3, 0.4) is 0 Å².